The van der Waals surface area contributed by atoms with Gasteiger partial charge in [-0.3, -0.25) is 0 Å². The molecule has 5 rings (SSSR count). The van der Waals surface area contributed by atoms with E-state index in [0.717, 1.165) is 19.3 Å². The fraction of sp³-hybridized carbons (Fsp3) is 1.00. The van der Waals surface area contributed by atoms with Crippen LogP contribution < -0.4 is 0 Å². The smallest absolute Gasteiger partial charge is 0.154 e. The minimum absolute atomic E-state index is 0.0365. The molecule has 0 heterocycles. The molecule has 0 aromatic rings. The third-order valence-corrected chi connectivity index (χ3v) is 15.6. The third-order valence-electron chi connectivity index (χ3n) is 15.6. The van der Waals surface area contributed by atoms with Crippen LogP contribution >= 0.6 is 0 Å². The standard InChI is InChI=1S/C38H68O6/c1-21-9-15-28(26-12-10-25(11-13-26)17-27(40)14-16-30(41)44-8)29-19-36(5)20-37(6)18-22(2)31(24(4)39)35(43)38(37,7)23(3)33(36)34(42)32(21)29/h21-35,39-43H,9-20H2,1-8H3/t21?,22?,23?,24?,25?,26?,27?,28?,29?,30?,31?,32?,33?,34?,35?,36?,37?,38-/m1/s1. The average Bonchev–Trinajstić information content (AvgIpc) is 2.94. The molecule has 0 spiro atoms. The molecule has 0 aromatic carbocycles. The van der Waals surface area contributed by atoms with Gasteiger partial charge in [0.15, 0.2) is 6.29 Å². The Morgan fingerprint density at radius 1 is 0.818 bits per heavy atom. The monoisotopic (exact) mass is 621 g/mol. The van der Waals surface area contributed by atoms with Crippen LogP contribution in [0.2, 0.25) is 0 Å². The van der Waals surface area contributed by atoms with E-state index in [0.29, 0.717) is 48.3 Å². The van der Waals surface area contributed by atoms with Crippen molar-refractivity contribution in [3.63, 3.8) is 0 Å². The van der Waals surface area contributed by atoms with E-state index in [9.17, 15) is 25.5 Å². The van der Waals surface area contributed by atoms with Crippen LogP contribution in [-0.2, 0) is 4.74 Å². The third kappa shape index (κ3) is 5.87. The van der Waals surface area contributed by atoms with Gasteiger partial charge >= 0.3 is 0 Å². The van der Waals surface area contributed by atoms with Crippen molar-refractivity contribution >= 4 is 0 Å². The second-order valence-electron chi connectivity index (χ2n) is 18.0. The Hall–Kier alpha value is -0.240. The van der Waals surface area contributed by atoms with Crippen LogP contribution in [0, 0.1) is 75.4 Å². The SMILES string of the molecule is COC(O)CCC(O)CC1CCC(C2CCC(C)C3C(O)C4C(C)[C@]5(C)C(O)C(C(C)O)C(C)CC5(C)CC4(C)CC23)CC1. The Bertz CT molecular complexity index is 965. The summed E-state index contributed by atoms with van der Waals surface area (Å²) >= 11 is 0. The van der Waals surface area contributed by atoms with E-state index >= 15 is 0 Å². The molecule has 5 fully saturated rings. The van der Waals surface area contributed by atoms with Gasteiger partial charge in [-0.1, -0.05) is 60.8 Å². The first-order valence-corrected chi connectivity index (χ1v) is 18.5. The summed E-state index contributed by atoms with van der Waals surface area (Å²) in [6.07, 6.45) is 9.81. The van der Waals surface area contributed by atoms with E-state index in [2.05, 4.69) is 41.5 Å². The van der Waals surface area contributed by atoms with Crippen LogP contribution in [0.25, 0.3) is 0 Å². The predicted octanol–water partition coefficient (Wildman–Crippen LogP) is 6.40. The fourth-order valence-electron chi connectivity index (χ4n) is 13.5. The van der Waals surface area contributed by atoms with Gasteiger partial charge in [0, 0.05) is 24.9 Å². The van der Waals surface area contributed by atoms with Crippen molar-refractivity contribution in [1.82, 2.24) is 0 Å². The molecule has 0 bridgehead atoms. The maximum Gasteiger partial charge on any atom is 0.154 e. The zero-order chi connectivity index (χ0) is 32.4. The molecule has 6 heteroatoms. The number of aliphatic hydroxyl groups excluding tert-OH is 5. The summed E-state index contributed by atoms with van der Waals surface area (Å²) in [5.74, 6) is 3.78. The largest absolute Gasteiger partial charge is 0.393 e. The first kappa shape index (κ1) is 35.1. The summed E-state index contributed by atoms with van der Waals surface area (Å²) in [6, 6.07) is 0. The van der Waals surface area contributed by atoms with Gasteiger partial charge < -0.3 is 30.3 Å². The lowest BCUT2D eigenvalue weighted by Crippen LogP contribution is -2.70. The van der Waals surface area contributed by atoms with Crippen LogP contribution in [0.4, 0.5) is 0 Å². The number of rotatable bonds is 8. The van der Waals surface area contributed by atoms with Crippen molar-refractivity contribution in [1.29, 1.82) is 0 Å². The summed E-state index contributed by atoms with van der Waals surface area (Å²) in [5.41, 5.74) is -0.349. The van der Waals surface area contributed by atoms with Crippen LogP contribution in [0.3, 0.4) is 0 Å². The molecule has 16 atom stereocenters. The van der Waals surface area contributed by atoms with Crippen molar-refractivity contribution in [2.75, 3.05) is 7.11 Å². The first-order chi connectivity index (χ1) is 20.6. The summed E-state index contributed by atoms with van der Waals surface area (Å²) in [6.45, 7) is 16.0. The van der Waals surface area contributed by atoms with Gasteiger partial charge in [0.2, 0.25) is 0 Å². The molecule has 0 saturated heterocycles. The number of fused-ring (bicyclic) bond motifs is 3. The molecule has 256 valence electrons. The summed E-state index contributed by atoms with van der Waals surface area (Å²) in [5, 5.41) is 55.6. The topological polar surface area (TPSA) is 110 Å². The molecular weight excluding hydrogens is 552 g/mol. The zero-order valence-corrected chi connectivity index (χ0v) is 29.3. The van der Waals surface area contributed by atoms with Crippen molar-refractivity contribution in [2.24, 2.45) is 75.4 Å². The Kier molecular flexibility index (Phi) is 10.4. The highest BCUT2D eigenvalue weighted by molar-refractivity contribution is 5.18. The second-order valence-corrected chi connectivity index (χ2v) is 18.0. The number of hydrogen-bond acceptors (Lipinski definition) is 6. The molecule has 5 saturated carbocycles. The van der Waals surface area contributed by atoms with E-state index in [-0.39, 0.29) is 52.1 Å². The van der Waals surface area contributed by atoms with Crippen LogP contribution in [-0.4, -0.2) is 63.3 Å². The zero-order valence-electron chi connectivity index (χ0n) is 29.3. The Balaban J connectivity index is 1.33. The molecule has 0 aliphatic heterocycles. The molecule has 5 aliphatic rings. The molecule has 6 nitrogen and oxygen atoms in total. The van der Waals surface area contributed by atoms with E-state index in [1.807, 2.05) is 6.92 Å². The van der Waals surface area contributed by atoms with Crippen molar-refractivity contribution in [2.45, 2.75) is 156 Å². The molecule has 0 radical (unpaired) electrons. The molecule has 0 aromatic heterocycles. The Labute approximate surface area is 268 Å². The summed E-state index contributed by atoms with van der Waals surface area (Å²) in [4.78, 5) is 0. The van der Waals surface area contributed by atoms with Gasteiger partial charge in [0.25, 0.3) is 0 Å². The van der Waals surface area contributed by atoms with E-state index < -0.39 is 18.5 Å². The second kappa shape index (κ2) is 13.0. The van der Waals surface area contributed by atoms with Crippen LogP contribution in [0.5, 0.6) is 0 Å². The predicted molar refractivity (Wildman–Crippen MR) is 174 cm³/mol. The number of methoxy groups -OCH3 is 1. The minimum atomic E-state index is -0.787. The molecular formula is C38H68O6. The Morgan fingerprint density at radius 2 is 1.48 bits per heavy atom. The first-order valence-electron chi connectivity index (χ1n) is 18.5. The normalized spacial score (nSPS) is 53.1. The minimum Gasteiger partial charge on any atom is -0.393 e. The van der Waals surface area contributed by atoms with Gasteiger partial charge in [0.05, 0.1) is 24.4 Å². The summed E-state index contributed by atoms with van der Waals surface area (Å²) in [7, 11) is 1.50. The lowest BCUT2D eigenvalue weighted by molar-refractivity contribution is -0.280. The summed E-state index contributed by atoms with van der Waals surface area (Å²) < 4.78 is 4.94. The number of aliphatic hydroxyl groups is 5. The maximum atomic E-state index is 12.5. The maximum absolute atomic E-state index is 12.5. The van der Waals surface area contributed by atoms with Crippen molar-refractivity contribution in [3.05, 3.63) is 0 Å². The highest BCUT2D eigenvalue weighted by Gasteiger charge is 2.70. The number of hydrogen-bond donors (Lipinski definition) is 5. The van der Waals surface area contributed by atoms with Gasteiger partial charge in [-0.25, -0.2) is 0 Å². The molecule has 44 heavy (non-hydrogen) atoms. The lowest BCUT2D eigenvalue weighted by Gasteiger charge is -2.72. The van der Waals surface area contributed by atoms with Gasteiger partial charge in [-0.2, -0.15) is 0 Å². The van der Waals surface area contributed by atoms with Gasteiger partial charge in [-0.05, 0) is 122 Å². The molecule has 5 aliphatic carbocycles. The van der Waals surface area contributed by atoms with E-state index in [1.54, 1.807) is 0 Å². The van der Waals surface area contributed by atoms with Crippen molar-refractivity contribution in [3.8, 4) is 0 Å². The lowest BCUT2D eigenvalue weighted by atomic mass is 9.34. The molecule has 5 N–H and O–H groups in total. The Morgan fingerprint density at radius 3 is 2.09 bits per heavy atom. The fourth-order valence-corrected chi connectivity index (χ4v) is 13.5. The van der Waals surface area contributed by atoms with Crippen LogP contribution in [0.1, 0.15) is 126 Å². The highest BCUT2D eigenvalue weighted by Crippen LogP contribution is 2.73. The van der Waals surface area contributed by atoms with E-state index in [1.165, 1.54) is 52.1 Å². The average molecular weight is 621 g/mol. The van der Waals surface area contributed by atoms with Gasteiger partial charge in [-0.15, -0.1) is 0 Å². The molecule has 0 amide bonds. The van der Waals surface area contributed by atoms with Crippen LogP contribution in [0.15, 0.2) is 0 Å². The van der Waals surface area contributed by atoms with Crippen molar-refractivity contribution < 1.29 is 30.3 Å². The number of ether oxygens (including phenoxy) is 1. The quantitative estimate of drug-likeness (QED) is 0.201. The van der Waals surface area contributed by atoms with Gasteiger partial charge in [0.1, 0.15) is 0 Å². The molecule has 15 unspecified atom stereocenters. The highest BCUT2D eigenvalue weighted by atomic mass is 16.6. The van der Waals surface area contributed by atoms with E-state index in [4.69, 9.17) is 4.74 Å².